The topological polar surface area (TPSA) is 75.7 Å². The second-order valence-electron chi connectivity index (χ2n) is 7.16. The van der Waals surface area contributed by atoms with Crippen LogP contribution in [-0.4, -0.2) is 42.9 Å². The first-order valence-electron chi connectivity index (χ1n) is 9.51. The molecule has 1 aromatic carbocycles. The number of nitrogens with zero attached hydrogens (tertiary/aromatic N) is 1. The summed E-state index contributed by atoms with van der Waals surface area (Å²) in [5.74, 6) is -0.864. The maximum absolute atomic E-state index is 12.5. The van der Waals surface area contributed by atoms with Gasteiger partial charge in [0.2, 0.25) is 11.8 Å². The van der Waals surface area contributed by atoms with Crippen LogP contribution in [0.4, 0.5) is 5.69 Å². The average molecular weight is 370 g/mol. The van der Waals surface area contributed by atoms with Crippen LogP contribution < -0.4 is 5.32 Å². The van der Waals surface area contributed by atoms with Gasteiger partial charge in [-0.1, -0.05) is 11.6 Å². The molecule has 1 aliphatic carbocycles. The van der Waals surface area contributed by atoms with Gasteiger partial charge in [-0.25, -0.2) is 4.79 Å². The summed E-state index contributed by atoms with van der Waals surface area (Å²) in [4.78, 5) is 38.0. The third kappa shape index (κ3) is 4.96. The van der Waals surface area contributed by atoms with Gasteiger partial charge in [-0.05, 0) is 56.4 Å². The Hall–Kier alpha value is -2.63. The number of ether oxygens (including phenoxy) is 1. The fraction of sp³-hybridized carbons (Fsp3) is 0.476. The number of nitrogens with one attached hydrogen (secondary N) is 1. The number of allylic oxidation sites excluding steroid dienone is 1. The van der Waals surface area contributed by atoms with E-state index in [4.69, 9.17) is 0 Å². The summed E-state index contributed by atoms with van der Waals surface area (Å²) in [5.41, 5.74) is 2.47. The van der Waals surface area contributed by atoms with Crippen molar-refractivity contribution in [3.8, 4) is 0 Å². The first-order chi connectivity index (χ1) is 13.1. The smallest absolute Gasteiger partial charge is 0.337 e. The van der Waals surface area contributed by atoms with Crippen LogP contribution in [0, 0.1) is 5.92 Å². The lowest BCUT2D eigenvalue weighted by atomic mass is 9.97. The van der Waals surface area contributed by atoms with Gasteiger partial charge in [-0.3, -0.25) is 9.59 Å². The first kappa shape index (κ1) is 19.1. The number of carbonyl (C=O) groups is 3. The maximum atomic E-state index is 12.5. The lowest BCUT2D eigenvalue weighted by Crippen LogP contribution is -2.29. The Morgan fingerprint density at radius 2 is 2.00 bits per heavy atom. The maximum Gasteiger partial charge on any atom is 0.337 e. The molecule has 0 bridgehead atoms. The summed E-state index contributed by atoms with van der Waals surface area (Å²) in [7, 11) is 1.33. The van der Waals surface area contributed by atoms with Crippen LogP contribution in [0.25, 0.3) is 0 Å². The fourth-order valence-electron chi connectivity index (χ4n) is 3.63. The number of hydrogen-bond acceptors (Lipinski definition) is 4. The summed E-state index contributed by atoms with van der Waals surface area (Å²) in [6.45, 7) is 1.17. The lowest BCUT2D eigenvalue weighted by molar-refractivity contribution is -0.128. The Bertz CT molecular complexity index is 739. The molecule has 1 fully saturated rings. The summed E-state index contributed by atoms with van der Waals surface area (Å²) in [6, 6.07) is 6.53. The highest BCUT2D eigenvalue weighted by Crippen LogP contribution is 2.24. The number of carbonyl (C=O) groups excluding carboxylic acids is 3. The van der Waals surface area contributed by atoms with Crippen molar-refractivity contribution in [3.05, 3.63) is 41.5 Å². The molecule has 1 aliphatic heterocycles. The zero-order chi connectivity index (χ0) is 19.2. The van der Waals surface area contributed by atoms with Gasteiger partial charge in [0.25, 0.3) is 0 Å². The summed E-state index contributed by atoms with van der Waals surface area (Å²) >= 11 is 0. The number of esters is 1. The molecule has 1 unspecified atom stereocenters. The fourth-order valence-corrected chi connectivity index (χ4v) is 3.63. The van der Waals surface area contributed by atoms with Gasteiger partial charge >= 0.3 is 5.97 Å². The quantitative estimate of drug-likeness (QED) is 0.616. The van der Waals surface area contributed by atoms with Crippen molar-refractivity contribution in [3.63, 3.8) is 0 Å². The Morgan fingerprint density at radius 3 is 2.67 bits per heavy atom. The molecule has 0 aromatic heterocycles. The molecule has 0 saturated carbocycles. The molecule has 1 saturated heterocycles. The van der Waals surface area contributed by atoms with Gasteiger partial charge < -0.3 is 15.0 Å². The predicted octanol–water partition coefficient (Wildman–Crippen LogP) is 3.15. The summed E-state index contributed by atoms with van der Waals surface area (Å²) < 4.78 is 4.66. The van der Waals surface area contributed by atoms with Gasteiger partial charge in [0.15, 0.2) is 0 Å². The highest BCUT2D eigenvalue weighted by molar-refractivity contribution is 5.97. The monoisotopic (exact) mass is 370 g/mol. The van der Waals surface area contributed by atoms with Crippen LogP contribution in [0.15, 0.2) is 35.9 Å². The van der Waals surface area contributed by atoms with E-state index in [0.29, 0.717) is 24.3 Å². The number of hydrogen-bond donors (Lipinski definition) is 1. The third-order valence-corrected chi connectivity index (χ3v) is 5.25. The van der Waals surface area contributed by atoms with Gasteiger partial charge in [0, 0.05) is 25.2 Å². The number of likely N-dealkylation sites (tertiary alicyclic amines) is 1. The Balaban J connectivity index is 1.51. The molecule has 1 atom stereocenters. The zero-order valence-electron chi connectivity index (χ0n) is 15.7. The molecule has 6 heteroatoms. The summed E-state index contributed by atoms with van der Waals surface area (Å²) in [6.07, 6.45) is 8.23. The third-order valence-electron chi connectivity index (χ3n) is 5.25. The molecule has 6 nitrogen and oxygen atoms in total. The lowest BCUT2D eigenvalue weighted by Gasteiger charge is -2.19. The Morgan fingerprint density at radius 1 is 1.22 bits per heavy atom. The number of methoxy groups -OCH3 is 1. The highest BCUT2D eigenvalue weighted by atomic mass is 16.5. The van der Waals surface area contributed by atoms with E-state index in [0.717, 1.165) is 19.3 Å². The van der Waals surface area contributed by atoms with Crippen LogP contribution in [0.5, 0.6) is 0 Å². The van der Waals surface area contributed by atoms with Crippen LogP contribution in [0.1, 0.15) is 48.9 Å². The normalized spacial score (nSPS) is 19.6. The molecule has 27 heavy (non-hydrogen) atoms. The van der Waals surface area contributed by atoms with Crippen LogP contribution >= 0.6 is 0 Å². The number of anilines is 1. The standard InChI is InChI=1S/C21H26N2O4/c1-27-21(26)16-7-9-18(10-8-16)22-20(25)17-13-19(24)23(14-17)12-11-15-5-3-2-4-6-15/h5,7-10,17H,2-4,6,11-14H2,1H3,(H,22,25). The van der Waals surface area contributed by atoms with Gasteiger partial charge in [-0.15, -0.1) is 0 Å². The van der Waals surface area contributed by atoms with E-state index < -0.39 is 5.97 Å². The molecular weight excluding hydrogens is 344 g/mol. The molecular formula is C21H26N2O4. The van der Waals surface area contributed by atoms with Crippen molar-refractivity contribution in [2.75, 3.05) is 25.5 Å². The molecule has 2 aliphatic rings. The largest absolute Gasteiger partial charge is 0.465 e. The van der Waals surface area contributed by atoms with E-state index in [9.17, 15) is 14.4 Å². The number of rotatable bonds is 6. The Labute approximate surface area is 159 Å². The molecule has 1 aromatic rings. The Kier molecular flexibility index (Phi) is 6.27. The molecule has 2 amide bonds. The van der Waals surface area contributed by atoms with Crippen molar-refractivity contribution < 1.29 is 19.1 Å². The van der Waals surface area contributed by atoms with Crippen molar-refractivity contribution >= 4 is 23.5 Å². The summed E-state index contributed by atoms with van der Waals surface area (Å²) in [5, 5.41) is 2.83. The molecule has 0 radical (unpaired) electrons. The zero-order valence-corrected chi connectivity index (χ0v) is 15.7. The van der Waals surface area contributed by atoms with Crippen molar-refractivity contribution in [2.24, 2.45) is 5.92 Å². The number of amides is 2. The van der Waals surface area contributed by atoms with E-state index in [-0.39, 0.29) is 24.2 Å². The minimum absolute atomic E-state index is 0.0487. The van der Waals surface area contributed by atoms with Crippen molar-refractivity contribution in [1.29, 1.82) is 0 Å². The van der Waals surface area contributed by atoms with E-state index >= 15 is 0 Å². The molecule has 144 valence electrons. The first-order valence-corrected chi connectivity index (χ1v) is 9.51. The van der Waals surface area contributed by atoms with Crippen molar-refractivity contribution in [1.82, 2.24) is 4.90 Å². The second kappa shape index (κ2) is 8.84. The van der Waals surface area contributed by atoms with Gasteiger partial charge in [-0.2, -0.15) is 0 Å². The number of benzene rings is 1. The van der Waals surface area contributed by atoms with Crippen LogP contribution in [0.3, 0.4) is 0 Å². The SMILES string of the molecule is COC(=O)c1ccc(NC(=O)C2CC(=O)N(CCC3=CCCCC3)C2)cc1. The van der Waals surface area contributed by atoms with E-state index in [1.165, 1.54) is 25.5 Å². The highest BCUT2D eigenvalue weighted by Gasteiger charge is 2.34. The van der Waals surface area contributed by atoms with Gasteiger partial charge in [0.1, 0.15) is 0 Å². The van der Waals surface area contributed by atoms with E-state index in [1.807, 2.05) is 0 Å². The van der Waals surface area contributed by atoms with Crippen LogP contribution in [0.2, 0.25) is 0 Å². The minimum atomic E-state index is -0.419. The van der Waals surface area contributed by atoms with Gasteiger partial charge in [0.05, 0.1) is 18.6 Å². The molecule has 3 rings (SSSR count). The molecule has 0 spiro atoms. The second-order valence-corrected chi connectivity index (χ2v) is 7.16. The van der Waals surface area contributed by atoms with E-state index in [2.05, 4.69) is 16.1 Å². The molecule has 1 N–H and O–H groups in total. The minimum Gasteiger partial charge on any atom is -0.465 e. The van der Waals surface area contributed by atoms with E-state index in [1.54, 1.807) is 29.2 Å². The van der Waals surface area contributed by atoms with Crippen molar-refractivity contribution in [2.45, 2.75) is 38.5 Å². The molecule has 1 heterocycles. The average Bonchev–Trinajstić information content (AvgIpc) is 3.08. The predicted molar refractivity (Wildman–Crippen MR) is 102 cm³/mol. The van der Waals surface area contributed by atoms with Crippen LogP contribution in [-0.2, 0) is 14.3 Å².